The van der Waals surface area contributed by atoms with Gasteiger partial charge in [0.2, 0.25) is 10.0 Å². The van der Waals surface area contributed by atoms with Crippen molar-refractivity contribution in [3.63, 3.8) is 0 Å². The first-order valence-corrected chi connectivity index (χ1v) is 13.0. The van der Waals surface area contributed by atoms with E-state index >= 15 is 0 Å². The molecular formula is C25H28F3N5O2S. The molecule has 0 radical (unpaired) electrons. The average molecular weight is 520 g/mol. The maximum Gasteiger partial charge on any atom is 0.406 e. The molecule has 192 valence electrons. The van der Waals surface area contributed by atoms with Crippen LogP contribution in [0.15, 0.2) is 53.4 Å². The predicted molar refractivity (Wildman–Crippen MR) is 135 cm³/mol. The smallest absolute Gasteiger partial charge is 0.382 e. The Morgan fingerprint density at radius 1 is 1.08 bits per heavy atom. The number of sulfonamides is 1. The Morgan fingerprint density at radius 2 is 1.78 bits per heavy atom. The molecule has 1 aliphatic heterocycles. The molecule has 7 nitrogen and oxygen atoms in total. The molecule has 2 aromatic carbocycles. The van der Waals surface area contributed by atoms with Gasteiger partial charge in [0, 0.05) is 17.1 Å². The number of hydrogen-bond donors (Lipinski definition) is 3. The minimum atomic E-state index is -4.42. The Labute approximate surface area is 208 Å². The number of piperidine rings is 1. The van der Waals surface area contributed by atoms with E-state index < -0.39 is 22.7 Å². The summed E-state index contributed by atoms with van der Waals surface area (Å²) in [5.74, 6) is 5.64. The predicted octanol–water partition coefficient (Wildman–Crippen LogP) is 3.82. The first-order chi connectivity index (χ1) is 17.0. The minimum Gasteiger partial charge on any atom is -0.382 e. The maximum atomic E-state index is 13.4. The highest BCUT2D eigenvalue weighted by molar-refractivity contribution is 7.89. The topological polar surface area (TPSA) is 92.4 Å². The third kappa shape index (κ3) is 6.32. The highest BCUT2D eigenvalue weighted by Gasteiger charge is 2.30. The normalized spacial score (nSPS) is 15.5. The molecule has 36 heavy (non-hydrogen) atoms. The number of nitrogens with zero attached hydrogens (tertiary/aromatic N) is 2. The summed E-state index contributed by atoms with van der Waals surface area (Å²) in [6.45, 7) is 0.767. The van der Waals surface area contributed by atoms with Gasteiger partial charge in [-0.05, 0) is 69.2 Å². The summed E-state index contributed by atoms with van der Waals surface area (Å²) in [5.41, 5.74) is 1.73. The Bertz CT molecular complexity index is 1400. The molecule has 1 aromatic heterocycles. The summed E-state index contributed by atoms with van der Waals surface area (Å²) in [6.07, 6.45) is -2.52. The summed E-state index contributed by atoms with van der Waals surface area (Å²) in [5, 5.41) is 12.3. The van der Waals surface area contributed by atoms with E-state index in [4.69, 9.17) is 5.14 Å². The van der Waals surface area contributed by atoms with Crippen LogP contribution in [0.25, 0.3) is 10.9 Å². The monoisotopic (exact) mass is 519 g/mol. The first kappa shape index (κ1) is 25.9. The van der Waals surface area contributed by atoms with Crippen LogP contribution in [0.3, 0.4) is 0 Å². The van der Waals surface area contributed by atoms with Gasteiger partial charge in [0.05, 0.1) is 23.4 Å². The lowest BCUT2D eigenvalue weighted by Gasteiger charge is -2.30. The molecule has 4 N–H and O–H groups in total. The largest absolute Gasteiger partial charge is 0.406 e. The van der Waals surface area contributed by atoms with E-state index in [1.54, 1.807) is 36.4 Å². The molecule has 1 fully saturated rings. The van der Waals surface area contributed by atoms with Crippen LogP contribution in [0.4, 0.5) is 24.5 Å². The maximum absolute atomic E-state index is 13.4. The lowest BCUT2D eigenvalue weighted by Crippen LogP contribution is -2.36. The Hall–Kier alpha value is -3.20. The van der Waals surface area contributed by atoms with Crippen molar-refractivity contribution in [2.45, 2.75) is 36.5 Å². The summed E-state index contributed by atoms with van der Waals surface area (Å²) < 4.78 is 65.0. The van der Waals surface area contributed by atoms with Gasteiger partial charge in [-0.15, -0.1) is 0 Å². The van der Waals surface area contributed by atoms with Crippen molar-refractivity contribution in [3.8, 4) is 11.8 Å². The van der Waals surface area contributed by atoms with Crippen LogP contribution in [-0.2, 0) is 16.6 Å². The van der Waals surface area contributed by atoms with Gasteiger partial charge >= 0.3 is 6.18 Å². The van der Waals surface area contributed by atoms with Gasteiger partial charge in [-0.25, -0.2) is 13.6 Å². The number of benzene rings is 2. The number of halogens is 3. The lowest BCUT2D eigenvalue weighted by molar-refractivity contribution is -0.140. The van der Waals surface area contributed by atoms with E-state index in [9.17, 15) is 21.6 Å². The molecule has 0 amide bonds. The highest BCUT2D eigenvalue weighted by atomic mass is 32.2. The number of hydrogen-bond acceptors (Lipinski definition) is 5. The van der Waals surface area contributed by atoms with E-state index in [-0.39, 0.29) is 28.9 Å². The fourth-order valence-electron chi connectivity index (χ4n) is 4.37. The number of primary sulfonamides is 1. The minimum absolute atomic E-state index is 0.0147. The average Bonchev–Trinajstić information content (AvgIpc) is 3.14. The molecule has 0 atom stereocenters. The van der Waals surface area contributed by atoms with Gasteiger partial charge in [-0.2, -0.15) is 13.2 Å². The SMILES string of the molecule is CN1CCC(Nc2cccc3c2cc(C#CCNc2ccccc2S(N)(=O)=O)n3CC(F)(F)F)CC1. The summed E-state index contributed by atoms with van der Waals surface area (Å²) >= 11 is 0. The second-order valence-electron chi connectivity index (χ2n) is 8.89. The van der Waals surface area contributed by atoms with E-state index in [1.807, 2.05) is 6.07 Å². The standard InChI is InChI=1S/C25H28F3N5O2S/c1-32-14-11-18(12-15-32)31-21-8-4-9-23-20(21)16-19(33(23)17-25(26,27)28)6-5-13-30-22-7-2-3-10-24(22)36(29,34)35/h2-4,7-10,16,18,30-31H,11-15,17H2,1H3,(H2,29,34,35). The molecule has 0 spiro atoms. The Kier molecular flexibility index (Phi) is 7.49. The van der Waals surface area contributed by atoms with E-state index in [2.05, 4.69) is 34.4 Å². The van der Waals surface area contributed by atoms with Gasteiger partial charge in [-0.3, -0.25) is 0 Å². The summed E-state index contributed by atoms with van der Waals surface area (Å²) in [4.78, 5) is 2.17. The highest BCUT2D eigenvalue weighted by Crippen LogP contribution is 2.31. The van der Waals surface area contributed by atoms with Crippen LogP contribution in [-0.4, -0.2) is 56.8 Å². The van der Waals surface area contributed by atoms with E-state index in [0.717, 1.165) is 31.6 Å². The van der Waals surface area contributed by atoms with Crippen LogP contribution in [0, 0.1) is 11.8 Å². The van der Waals surface area contributed by atoms with Gasteiger partial charge in [0.25, 0.3) is 0 Å². The third-order valence-corrected chi connectivity index (χ3v) is 7.11. The van der Waals surface area contributed by atoms with Crippen LogP contribution in [0.5, 0.6) is 0 Å². The van der Waals surface area contributed by atoms with Crippen molar-refractivity contribution in [1.82, 2.24) is 9.47 Å². The lowest BCUT2D eigenvalue weighted by atomic mass is 10.0. The molecule has 0 unspecified atom stereocenters. The van der Waals surface area contributed by atoms with E-state index in [1.165, 1.54) is 10.6 Å². The fourth-order valence-corrected chi connectivity index (χ4v) is 5.09. The first-order valence-electron chi connectivity index (χ1n) is 11.5. The molecule has 0 bridgehead atoms. The molecular weight excluding hydrogens is 491 g/mol. The third-order valence-electron chi connectivity index (χ3n) is 6.14. The molecule has 1 aliphatic rings. The van der Waals surface area contributed by atoms with Crippen molar-refractivity contribution in [1.29, 1.82) is 0 Å². The van der Waals surface area contributed by atoms with Crippen LogP contribution in [0.1, 0.15) is 18.5 Å². The number of nitrogens with one attached hydrogen (secondary N) is 2. The number of para-hydroxylation sites is 1. The fraction of sp³-hybridized carbons (Fsp3) is 0.360. The zero-order valence-electron chi connectivity index (χ0n) is 19.8. The zero-order chi connectivity index (χ0) is 25.9. The van der Waals surface area contributed by atoms with Gasteiger partial charge < -0.3 is 20.1 Å². The number of alkyl halides is 3. The summed E-state index contributed by atoms with van der Waals surface area (Å²) in [7, 11) is -1.87. The number of aromatic nitrogens is 1. The van der Waals surface area contributed by atoms with Crippen molar-refractivity contribution >= 4 is 32.3 Å². The molecule has 0 aliphatic carbocycles. The zero-order valence-corrected chi connectivity index (χ0v) is 20.6. The second kappa shape index (κ2) is 10.4. The molecule has 11 heteroatoms. The Morgan fingerprint density at radius 3 is 2.47 bits per heavy atom. The second-order valence-corrected chi connectivity index (χ2v) is 10.4. The molecule has 4 rings (SSSR count). The van der Waals surface area contributed by atoms with Crippen molar-refractivity contribution in [3.05, 3.63) is 54.2 Å². The number of likely N-dealkylation sites (tertiary alicyclic amines) is 1. The van der Waals surface area contributed by atoms with Gasteiger partial charge in [0.15, 0.2) is 0 Å². The number of rotatable bonds is 6. The van der Waals surface area contributed by atoms with E-state index in [0.29, 0.717) is 10.9 Å². The van der Waals surface area contributed by atoms with Crippen molar-refractivity contribution in [2.24, 2.45) is 5.14 Å². The number of nitrogens with two attached hydrogens (primary N) is 1. The molecule has 1 saturated heterocycles. The molecule has 0 saturated carbocycles. The van der Waals surface area contributed by atoms with Crippen LogP contribution >= 0.6 is 0 Å². The summed E-state index contributed by atoms with van der Waals surface area (Å²) in [6, 6.07) is 13.3. The van der Waals surface area contributed by atoms with Crippen molar-refractivity contribution < 1.29 is 21.6 Å². The Balaban J connectivity index is 1.62. The number of anilines is 2. The molecule has 2 heterocycles. The van der Waals surface area contributed by atoms with Crippen LogP contribution in [0.2, 0.25) is 0 Å². The van der Waals surface area contributed by atoms with Gasteiger partial charge in [-0.1, -0.05) is 24.1 Å². The van der Waals surface area contributed by atoms with Gasteiger partial charge in [0.1, 0.15) is 11.4 Å². The molecule has 3 aromatic rings. The van der Waals surface area contributed by atoms with Crippen LogP contribution < -0.4 is 15.8 Å². The number of fused-ring (bicyclic) bond motifs is 1. The quantitative estimate of drug-likeness (QED) is 0.431. The van der Waals surface area contributed by atoms with Crippen molar-refractivity contribution in [2.75, 3.05) is 37.3 Å².